The average molecular weight is 341 g/mol. The zero-order chi connectivity index (χ0) is 16.8. The molecule has 1 fully saturated rings. The largest absolute Gasteiger partial charge is 0.395 e. The molecule has 124 valence electrons. The van der Waals surface area contributed by atoms with Crippen LogP contribution in [-0.4, -0.2) is 47.2 Å². The van der Waals surface area contributed by atoms with Gasteiger partial charge in [0, 0.05) is 11.6 Å². The van der Waals surface area contributed by atoms with Gasteiger partial charge in [0.15, 0.2) is 11.2 Å². The third-order valence-corrected chi connectivity index (χ3v) is 4.82. The van der Waals surface area contributed by atoms with E-state index >= 15 is 0 Å². The maximum Gasteiger partial charge on any atom is 0.325 e. The molecule has 0 radical (unpaired) electrons. The third kappa shape index (κ3) is 3.06. The number of nitrogens with zero attached hydrogens (tertiary/aromatic N) is 3. The Bertz CT molecular complexity index is 897. The first kappa shape index (κ1) is 15.9. The maximum absolute atomic E-state index is 11.7. The van der Waals surface area contributed by atoms with Crippen molar-refractivity contribution in [3.8, 4) is 0 Å². The van der Waals surface area contributed by atoms with Gasteiger partial charge in [-0.1, -0.05) is 0 Å². The van der Waals surface area contributed by atoms with Crippen molar-refractivity contribution in [1.29, 1.82) is 0 Å². The SMILES string of the molecule is Nc1nc2c(ncn2/C=C2/CC2(CO)CCP(=O)(O)O)c(=O)[nH]1. The van der Waals surface area contributed by atoms with Gasteiger partial charge in [-0.15, -0.1) is 0 Å². The zero-order valence-corrected chi connectivity index (χ0v) is 12.9. The molecule has 0 saturated heterocycles. The van der Waals surface area contributed by atoms with Gasteiger partial charge >= 0.3 is 7.60 Å². The van der Waals surface area contributed by atoms with Crippen molar-refractivity contribution in [2.45, 2.75) is 12.8 Å². The summed E-state index contributed by atoms with van der Waals surface area (Å²) in [6.45, 7) is -0.207. The molecule has 3 rings (SSSR count). The predicted molar refractivity (Wildman–Crippen MR) is 82.5 cm³/mol. The molecule has 0 bridgehead atoms. The van der Waals surface area contributed by atoms with Crippen LogP contribution in [0.2, 0.25) is 0 Å². The molecule has 0 spiro atoms. The summed E-state index contributed by atoms with van der Waals surface area (Å²) in [5.41, 5.74) is 5.67. The van der Waals surface area contributed by atoms with Gasteiger partial charge in [0.25, 0.3) is 5.56 Å². The number of rotatable bonds is 5. The number of hydrogen-bond donors (Lipinski definition) is 5. The third-order valence-electron chi connectivity index (χ3n) is 4.01. The molecule has 0 aromatic carbocycles. The van der Waals surface area contributed by atoms with Crippen LogP contribution in [0.3, 0.4) is 0 Å². The number of aromatic amines is 1. The highest BCUT2D eigenvalue weighted by Gasteiger charge is 2.49. The zero-order valence-electron chi connectivity index (χ0n) is 12.0. The summed E-state index contributed by atoms with van der Waals surface area (Å²) >= 11 is 0. The van der Waals surface area contributed by atoms with E-state index in [9.17, 15) is 14.5 Å². The van der Waals surface area contributed by atoms with E-state index in [0.717, 1.165) is 5.57 Å². The Kier molecular flexibility index (Phi) is 3.64. The first-order chi connectivity index (χ1) is 10.7. The van der Waals surface area contributed by atoms with Crippen LogP contribution in [0.15, 0.2) is 16.7 Å². The Labute approximate surface area is 129 Å². The second-order valence-electron chi connectivity index (χ2n) is 5.68. The van der Waals surface area contributed by atoms with Crippen LogP contribution in [0.4, 0.5) is 5.95 Å². The molecule has 10 nitrogen and oxygen atoms in total. The van der Waals surface area contributed by atoms with E-state index in [-0.39, 0.29) is 36.3 Å². The Balaban J connectivity index is 1.91. The highest BCUT2D eigenvalue weighted by Crippen LogP contribution is 2.57. The predicted octanol–water partition coefficient (Wildman–Crippen LogP) is -0.507. The van der Waals surface area contributed by atoms with Crippen molar-refractivity contribution in [1.82, 2.24) is 19.5 Å². The molecule has 0 aliphatic heterocycles. The fraction of sp³-hybridized carbons (Fsp3) is 0.417. The first-order valence-corrected chi connectivity index (χ1v) is 8.63. The number of nitrogen functional groups attached to an aromatic ring is 1. The van der Waals surface area contributed by atoms with Crippen molar-refractivity contribution in [3.63, 3.8) is 0 Å². The molecule has 2 aromatic heterocycles. The van der Waals surface area contributed by atoms with Crippen LogP contribution >= 0.6 is 7.60 Å². The molecule has 1 aliphatic carbocycles. The second-order valence-corrected chi connectivity index (χ2v) is 7.46. The second kappa shape index (κ2) is 5.27. The summed E-state index contributed by atoms with van der Waals surface area (Å²) in [6.07, 6.45) is 3.48. The standard InChI is InChI=1S/C12H16N5O5P/c13-11-15-9-8(10(19)16-11)14-6-17(9)4-7-3-12(7,5-18)1-2-23(20,21)22/h4,6,18H,1-3,5H2,(H2,20,21,22)(H3,13,15,16,19)/b7-4-. The minimum Gasteiger partial charge on any atom is -0.395 e. The van der Waals surface area contributed by atoms with E-state index in [4.69, 9.17) is 15.5 Å². The molecule has 0 amide bonds. The summed E-state index contributed by atoms with van der Waals surface area (Å²) in [4.78, 5) is 40.0. The molecule has 23 heavy (non-hydrogen) atoms. The number of nitrogens with two attached hydrogens (primary N) is 1. The number of aliphatic hydroxyl groups is 1. The normalized spacial score (nSPS) is 22.8. The van der Waals surface area contributed by atoms with E-state index in [0.29, 0.717) is 6.42 Å². The molecule has 11 heteroatoms. The van der Waals surface area contributed by atoms with Gasteiger partial charge in [0.05, 0.1) is 12.8 Å². The van der Waals surface area contributed by atoms with E-state index in [1.165, 1.54) is 10.9 Å². The van der Waals surface area contributed by atoms with E-state index in [1.54, 1.807) is 6.20 Å². The number of nitrogens with one attached hydrogen (secondary N) is 1. The fourth-order valence-electron chi connectivity index (χ4n) is 2.55. The summed E-state index contributed by atoms with van der Waals surface area (Å²) in [7, 11) is -4.12. The van der Waals surface area contributed by atoms with Crippen LogP contribution in [0.1, 0.15) is 12.8 Å². The van der Waals surface area contributed by atoms with Crippen LogP contribution < -0.4 is 11.3 Å². The Hall–Kier alpha value is -2.00. The van der Waals surface area contributed by atoms with Gasteiger partial charge in [-0.05, 0) is 18.4 Å². The smallest absolute Gasteiger partial charge is 0.325 e. The topological polar surface area (TPSA) is 167 Å². The van der Waals surface area contributed by atoms with E-state index in [1.807, 2.05) is 0 Å². The number of aliphatic hydroxyl groups excluding tert-OH is 1. The lowest BCUT2D eigenvalue weighted by Crippen LogP contribution is -2.12. The van der Waals surface area contributed by atoms with Crippen LogP contribution in [0, 0.1) is 5.41 Å². The van der Waals surface area contributed by atoms with E-state index in [2.05, 4.69) is 15.0 Å². The first-order valence-electron chi connectivity index (χ1n) is 6.83. The minimum absolute atomic E-state index is 0.0339. The number of hydrogen-bond acceptors (Lipinski definition) is 6. The van der Waals surface area contributed by atoms with Gasteiger partial charge in [-0.3, -0.25) is 18.9 Å². The Morgan fingerprint density at radius 1 is 1.52 bits per heavy atom. The van der Waals surface area contributed by atoms with Crippen molar-refractivity contribution < 1.29 is 19.5 Å². The Morgan fingerprint density at radius 2 is 2.26 bits per heavy atom. The monoisotopic (exact) mass is 341 g/mol. The molecule has 1 unspecified atom stereocenters. The minimum atomic E-state index is -4.12. The quantitative estimate of drug-likeness (QED) is 0.453. The van der Waals surface area contributed by atoms with Gasteiger partial charge in [-0.2, -0.15) is 4.98 Å². The molecule has 2 aromatic rings. The molecule has 6 N–H and O–H groups in total. The lowest BCUT2D eigenvalue weighted by atomic mass is 10.0. The van der Waals surface area contributed by atoms with Crippen molar-refractivity contribution >= 4 is 30.9 Å². The van der Waals surface area contributed by atoms with Crippen molar-refractivity contribution in [3.05, 3.63) is 22.3 Å². The maximum atomic E-state index is 11.7. The summed E-state index contributed by atoms with van der Waals surface area (Å²) in [6, 6.07) is 0. The van der Waals surface area contributed by atoms with E-state index < -0.39 is 18.6 Å². The van der Waals surface area contributed by atoms with Crippen molar-refractivity contribution in [2.75, 3.05) is 18.5 Å². The summed E-state index contributed by atoms with van der Waals surface area (Å²) < 4.78 is 12.5. The average Bonchev–Trinajstić information content (AvgIpc) is 3.00. The highest BCUT2D eigenvalue weighted by molar-refractivity contribution is 7.51. The summed E-state index contributed by atoms with van der Waals surface area (Å²) in [5.74, 6) is -0.0339. The molecule has 2 heterocycles. The summed E-state index contributed by atoms with van der Waals surface area (Å²) in [5, 5.41) is 9.54. The van der Waals surface area contributed by atoms with Gasteiger partial charge in [0.1, 0.15) is 6.33 Å². The lowest BCUT2D eigenvalue weighted by Gasteiger charge is -2.11. The number of fused-ring (bicyclic) bond motifs is 1. The number of imidazole rings is 1. The van der Waals surface area contributed by atoms with Crippen LogP contribution in [0.25, 0.3) is 17.4 Å². The van der Waals surface area contributed by atoms with Gasteiger partial charge in [-0.25, -0.2) is 4.98 Å². The number of aromatic nitrogens is 4. The number of anilines is 1. The lowest BCUT2D eigenvalue weighted by molar-refractivity contribution is 0.215. The molecular formula is C12H16N5O5P. The van der Waals surface area contributed by atoms with Crippen LogP contribution in [0.5, 0.6) is 0 Å². The Morgan fingerprint density at radius 3 is 2.91 bits per heavy atom. The molecule has 1 atom stereocenters. The van der Waals surface area contributed by atoms with Gasteiger partial charge < -0.3 is 20.6 Å². The fourth-order valence-corrected chi connectivity index (χ4v) is 3.27. The molecule has 1 aliphatic rings. The van der Waals surface area contributed by atoms with Crippen molar-refractivity contribution in [2.24, 2.45) is 5.41 Å². The van der Waals surface area contributed by atoms with Crippen LogP contribution in [-0.2, 0) is 4.57 Å². The van der Waals surface area contributed by atoms with Gasteiger partial charge in [0.2, 0.25) is 5.95 Å². The number of H-pyrrole nitrogens is 1. The highest BCUT2D eigenvalue weighted by atomic mass is 31.2. The molecule has 1 saturated carbocycles. The molecular weight excluding hydrogens is 325 g/mol.